The SMILES string of the molecule is CCc1cnc(CNC(C)c2ccc(Br)s2)s1. The molecule has 2 nitrogen and oxygen atoms in total. The van der Waals surface area contributed by atoms with Gasteiger partial charge in [-0.3, -0.25) is 0 Å². The van der Waals surface area contributed by atoms with Crippen LogP contribution in [0.4, 0.5) is 0 Å². The zero-order chi connectivity index (χ0) is 12.3. The average Bonchev–Trinajstić information content (AvgIpc) is 2.94. The fraction of sp³-hybridized carbons (Fsp3) is 0.417. The minimum absolute atomic E-state index is 0.375. The second kappa shape index (κ2) is 6.09. The normalized spacial score (nSPS) is 12.9. The molecule has 1 N–H and O–H groups in total. The van der Waals surface area contributed by atoms with Crippen molar-refractivity contribution in [3.63, 3.8) is 0 Å². The van der Waals surface area contributed by atoms with Crippen LogP contribution in [0, 0.1) is 0 Å². The van der Waals surface area contributed by atoms with Gasteiger partial charge in [0.15, 0.2) is 0 Å². The summed E-state index contributed by atoms with van der Waals surface area (Å²) in [5, 5.41) is 4.67. The lowest BCUT2D eigenvalue weighted by atomic mass is 10.3. The molecule has 2 rings (SSSR count). The number of thiazole rings is 1. The van der Waals surface area contributed by atoms with Gasteiger partial charge in [0.05, 0.1) is 3.79 Å². The number of aromatic nitrogens is 1. The molecule has 92 valence electrons. The molecule has 0 aromatic carbocycles. The molecule has 0 radical (unpaired) electrons. The van der Waals surface area contributed by atoms with E-state index < -0.39 is 0 Å². The monoisotopic (exact) mass is 330 g/mol. The molecule has 1 atom stereocenters. The van der Waals surface area contributed by atoms with Crippen LogP contribution < -0.4 is 5.32 Å². The molecule has 0 saturated carbocycles. The highest BCUT2D eigenvalue weighted by molar-refractivity contribution is 9.11. The van der Waals surface area contributed by atoms with Crippen molar-refractivity contribution >= 4 is 38.6 Å². The summed E-state index contributed by atoms with van der Waals surface area (Å²) in [4.78, 5) is 7.11. The summed E-state index contributed by atoms with van der Waals surface area (Å²) in [6.45, 7) is 5.20. The van der Waals surface area contributed by atoms with Crippen molar-refractivity contribution in [2.45, 2.75) is 32.9 Å². The van der Waals surface area contributed by atoms with Gasteiger partial charge < -0.3 is 5.32 Å². The number of aryl methyl sites for hydroxylation is 1. The lowest BCUT2D eigenvalue weighted by Crippen LogP contribution is -2.16. The summed E-state index contributed by atoms with van der Waals surface area (Å²) >= 11 is 7.06. The van der Waals surface area contributed by atoms with Crippen LogP contribution in [-0.4, -0.2) is 4.98 Å². The Bertz CT molecular complexity index is 478. The second-order valence-corrected chi connectivity index (χ2v) is 7.51. The molecule has 0 fully saturated rings. The van der Waals surface area contributed by atoms with Crippen molar-refractivity contribution in [1.29, 1.82) is 0 Å². The van der Waals surface area contributed by atoms with Crippen molar-refractivity contribution in [3.8, 4) is 0 Å². The third-order valence-corrected chi connectivity index (χ3v) is 5.48. The third kappa shape index (κ3) is 3.61. The molecular weight excluding hydrogens is 316 g/mol. The van der Waals surface area contributed by atoms with Crippen LogP contribution in [-0.2, 0) is 13.0 Å². The van der Waals surface area contributed by atoms with Gasteiger partial charge in [0.1, 0.15) is 5.01 Å². The van der Waals surface area contributed by atoms with E-state index in [0.717, 1.165) is 13.0 Å². The van der Waals surface area contributed by atoms with Crippen molar-refractivity contribution in [1.82, 2.24) is 10.3 Å². The van der Waals surface area contributed by atoms with Crippen LogP contribution in [0.3, 0.4) is 0 Å². The van der Waals surface area contributed by atoms with Crippen molar-refractivity contribution in [3.05, 3.63) is 36.9 Å². The van der Waals surface area contributed by atoms with Crippen LogP contribution in [0.25, 0.3) is 0 Å². The Morgan fingerprint density at radius 2 is 2.24 bits per heavy atom. The molecule has 0 saturated heterocycles. The lowest BCUT2D eigenvalue weighted by Gasteiger charge is -2.10. The predicted molar refractivity (Wildman–Crippen MR) is 78.8 cm³/mol. The van der Waals surface area contributed by atoms with Gasteiger partial charge in [-0.15, -0.1) is 22.7 Å². The molecule has 2 heterocycles. The van der Waals surface area contributed by atoms with Crippen LogP contribution in [0.1, 0.15) is 34.7 Å². The van der Waals surface area contributed by atoms with Crippen LogP contribution >= 0.6 is 38.6 Å². The van der Waals surface area contributed by atoms with Gasteiger partial charge in [0.25, 0.3) is 0 Å². The van der Waals surface area contributed by atoms with E-state index in [1.807, 2.05) is 6.20 Å². The number of halogens is 1. The maximum atomic E-state index is 4.41. The molecule has 1 unspecified atom stereocenters. The highest BCUT2D eigenvalue weighted by Gasteiger charge is 2.08. The number of hydrogen-bond acceptors (Lipinski definition) is 4. The fourth-order valence-corrected chi connectivity index (χ4v) is 3.76. The third-order valence-electron chi connectivity index (χ3n) is 2.53. The van der Waals surface area contributed by atoms with E-state index in [2.05, 4.69) is 52.2 Å². The summed E-state index contributed by atoms with van der Waals surface area (Å²) in [5.41, 5.74) is 0. The highest BCUT2D eigenvalue weighted by Crippen LogP contribution is 2.27. The first-order valence-electron chi connectivity index (χ1n) is 5.61. The Labute approximate surface area is 118 Å². The fourth-order valence-electron chi connectivity index (χ4n) is 1.50. The van der Waals surface area contributed by atoms with Crippen LogP contribution in [0.2, 0.25) is 0 Å². The molecule has 17 heavy (non-hydrogen) atoms. The molecule has 2 aromatic heterocycles. The second-order valence-electron chi connectivity index (χ2n) is 3.82. The van der Waals surface area contributed by atoms with Gasteiger partial charge in [-0.25, -0.2) is 4.98 Å². The first kappa shape index (κ1) is 13.2. The number of thiophene rings is 1. The van der Waals surface area contributed by atoms with Gasteiger partial charge in [0, 0.05) is 28.5 Å². The Hall–Kier alpha value is -0.230. The summed E-state index contributed by atoms with van der Waals surface area (Å²) in [6.07, 6.45) is 3.05. The van der Waals surface area contributed by atoms with Crippen molar-refractivity contribution in [2.24, 2.45) is 0 Å². The molecular formula is C12H15BrN2S2. The summed E-state index contributed by atoms with van der Waals surface area (Å²) in [5.74, 6) is 0. The smallest absolute Gasteiger partial charge is 0.107 e. The van der Waals surface area contributed by atoms with Crippen LogP contribution in [0.5, 0.6) is 0 Å². The molecule has 0 bridgehead atoms. The predicted octanol–water partition coefficient (Wildman–Crippen LogP) is 4.38. The van der Waals surface area contributed by atoms with Gasteiger partial charge in [0.2, 0.25) is 0 Å². The standard InChI is InChI=1S/C12H15BrN2S2/c1-3-9-6-15-12(16-9)7-14-8(2)10-4-5-11(13)17-10/h4-6,8,14H,3,7H2,1-2H3. The largest absolute Gasteiger partial charge is 0.303 e. The zero-order valence-electron chi connectivity index (χ0n) is 9.87. The Kier molecular flexibility index (Phi) is 4.73. The Morgan fingerprint density at radius 1 is 1.41 bits per heavy atom. The maximum Gasteiger partial charge on any atom is 0.107 e. The van der Waals surface area contributed by atoms with E-state index in [-0.39, 0.29) is 0 Å². The van der Waals surface area contributed by atoms with Gasteiger partial charge in [-0.1, -0.05) is 6.92 Å². The van der Waals surface area contributed by atoms with Crippen LogP contribution in [0.15, 0.2) is 22.1 Å². The quantitative estimate of drug-likeness (QED) is 0.879. The summed E-state index contributed by atoms with van der Waals surface area (Å²) in [6, 6.07) is 4.63. The van der Waals surface area contributed by atoms with E-state index in [1.165, 1.54) is 18.5 Å². The highest BCUT2D eigenvalue weighted by atomic mass is 79.9. The van der Waals surface area contributed by atoms with Crippen molar-refractivity contribution in [2.75, 3.05) is 0 Å². The number of nitrogens with one attached hydrogen (secondary N) is 1. The van der Waals surface area contributed by atoms with E-state index in [1.54, 1.807) is 22.7 Å². The van der Waals surface area contributed by atoms with E-state index in [0.29, 0.717) is 6.04 Å². The van der Waals surface area contributed by atoms with Gasteiger partial charge in [-0.2, -0.15) is 0 Å². The first-order chi connectivity index (χ1) is 8.19. The van der Waals surface area contributed by atoms with E-state index in [9.17, 15) is 0 Å². The molecule has 0 amide bonds. The van der Waals surface area contributed by atoms with E-state index in [4.69, 9.17) is 0 Å². The molecule has 0 aliphatic heterocycles. The summed E-state index contributed by atoms with van der Waals surface area (Å²) < 4.78 is 1.18. The van der Waals surface area contributed by atoms with Gasteiger partial charge in [-0.05, 0) is 41.4 Å². The minimum atomic E-state index is 0.375. The minimum Gasteiger partial charge on any atom is -0.303 e. The molecule has 5 heteroatoms. The first-order valence-corrected chi connectivity index (χ1v) is 8.04. The molecule has 2 aromatic rings. The lowest BCUT2D eigenvalue weighted by molar-refractivity contribution is 0.581. The number of hydrogen-bond donors (Lipinski definition) is 1. The Balaban J connectivity index is 1.89. The number of nitrogens with zero attached hydrogens (tertiary/aromatic N) is 1. The zero-order valence-corrected chi connectivity index (χ0v) is 13.1. The maximum absolute atomic E-state index is 4.41. The average molecular weight is 331 g/mol. The summed E-state index contributed by atoms with van der Waals surface area (Å²) in [7, 11) is 0. The molecule has 0 spiro atoms. The van der Waals surface area contributed by atoms with Crippen molar-refractivity contribution < 1.29 is 0 Å². The van der Waals surface area contributed by atoms with E-state index >= 15 is 0 Å². The molecule has 0 aliphatic carbocycles. The topological polar surface area (TPSA) is 24.9 Å². The Morgan fingerprint density at radius 3 is 2.82 bits per heavy atom. The number of rotatable bonds is 5. The van der Waals surface area contributed by atoms with Gasteiger partial charge >= 0.3 is 0 Å². The molecule has 0 aliphatic rings.